The summed E-state index contributed by atoms with van der Waals surface area (Å²) in [6, 6.07) is 0. The van der Waals surface area contributed by atoms with E-state index in [1.807, 2.05) is 0 Å². The first kappa shape index (κ1) is 59.1. The highest BCUT2D eigenvalue weighted by Crippen LogP contribution is 2.15. The van der Waals surface area contributed by atoms with Crippen LogP contribution >= 0.6 is 0 Å². The molecule has 0 aromatic rings. The van der Waals surface area contributed by atoms with Crippen molar-refractivity contribution in [1.29, 1.82) is 0 Å². The van der Waals surface area contributed by atoms with Crippen molar-refractivity contribution in [2.45, 2.75) is 264 Å². The number of carbonyl (C=O) groups is 3. The predicted molar refractivity (Wildman–Crippen MR) is 265 cm³/mol. The lowest BCUT2D eigenvalue weighted by molar-refractivity contribution is -0.167. The number of allylic oxidation sites excluding steroid dienone is 10. The maximum Gasteiger partial charge on any atom is 0.306 e. The van der Waals surface area contributed by atoms with Gasteiger partial charge in [0.05, 0.1) is 0 Å². The molecule has 0 radical (unpaired) electrons. The van der Waals surface area contributed by atoms with Gasteiger partial charge in [-0.1, -0.05) is 216 Å². The number of esters is 3. The molecule has 0 spiro atoms. The van der Waals surface area contributed by atoms with Crippen LogP contribution in [-0.4, -0.2) is 37.2 Å². The van der Waals surface area contributed by atoms with Crippen molar-refractivity contribution in [3.05, 3.63) is 60.8 Å². The number of hydrogen-bond donors (Lipinski definition) is 0. The van der Waals surface area contributed by atoms with Crippen LogP contribution in [-0.2, 0) is 28.6 Å². The molecular formula is C56H98O6. The Labute approximate surface area is 383 Å². The molecule has 0 rings (SSSR count). The molecule has 62 heavy (non-hydrogen) atoms. The smallest absolute Gasteiger partial charge is 0.306 e. The van der Waals surface area contributed by atoms with E-state index in [1.165, 1.54) is 122 Å². The Kier molecular flexibility index (Phi) is 48.4. The van der Waals surface area contributed by atoms with Crippen molar-refractivity contribution < 1.29 is 28.6 Å². The van der Waals surface area contributed by atoms with E-state index >= 15 is 0 Å². The zero-order valence-electron chi connectivity index (χ0n) is 40.9. The predicted octanol–water partition coefficient (Wildman–Crippen LogP) is 17.3. The van der Waals surface area contributed by atoms with E-state index in [-0.39, 0.29) is 31.1 Å². The third kappa shape index (κ3) is 48.1. The molecule has 0 aliphatic carbocycles. The molecule has 0 aromatic heterocycles. The second-order valence-electron chi connectivity index (χ2n) is 17.4. The molecule has 0 aliphatic rings. The van der Waals surface area contributed by atoms with Crippen LogP contribution in [0.15, 0.2) is 60.8 Å². The molecule has 0 saturated heterocycles. The standard InChI is InChI=1S/C56H98O6/c1-4-7-10-13-16-19-22-25-28-31-34-37-40-43-46-49-55(58)61-52-53(51-60-54(57)48-45-42-39-36-33-30-27-24-21-18-15-12-9-6-3)62-56(59)50-47-44-41-38-35-32-29-26-23-20-17-14-11-8-5-2/h15-16,18-19,24-25,27-28,34,37,53H,4-14,17,20-23,26,29-33,35-36,38-52H2,1-3H3/b18-15-,19-16-,27-24-,28-25-,37-34-/t53-/m1/s1. The number of rotatable bonds is 47. The lowest BCUT2D eigenvalue weighted by Crippen LogP contribution is -2.30. The van der Waals surface area contributed by atoms with Crippen LogP contribution in [0.5, 0.6) is 0 Å². The van der Waals surface area contributed by atoms with E-state index < -0.39 is 6.10 Å². The van der Waals surface area contributed by atoms with Gasteiger partial charge in [0.2, 0.25) is 0 Å². The number of unbranched alkanes of at least 4 members (excludes halogenated alkanes) is 26. The van der Waals surface area contributed by atoms with Gasteiger partial charge in [0.1, 0.15) is 13.2 Å². The Morgan fingerprint density at radius 1 is 0.323 bits per heavy atom. The van der Waals surface area contributed by atoms with Crippen molar-refractivity contribution in [2.24, 2.45) is 0 Å². The maximum atomic E-state index is 12.8. The molecule has 358 valence electrons. The molecule has 0 aromatic carbocycles. The SMILES string of the molecule is CCCC/C=C\C/C=C\CCCCCCCC(=O)OC[C@H](COC(=O)CCCC/C=C\C/C=C\C/C=C\CCCCC)OC(=O)CCCCCCCCCCCCCCCCC. The summed E-state index contributed by atoms with van der Waals surface area (Å²) in [5, 5.41) is 0. The van der Waals surface area contributed by atoms with Crippen molar-refractivity contribution in [2.75, 3.05) is 13.2 Å². The molecule has 0 heterocycles. The summed E-state index contributed by atoms with van der Waals surface area (Å²) in [4.78, 5) is 38.0. The zero-order valence-corrected chi connectivity index (χ0v) is 40.9. The van der Waals surface area contributed by atoms with Gasteiger partial charge < -0.3 is 14.2 Å². The number of ether oxygens (including phenoxy) is 3. The van der Waals surface area contributed by atoms with E-state index in [4.69, 9.17) is 14.2 Å². The lowest BCUT2D eigenvalue weighted by atomic mass is 10.0. The van der Waals surface area contributed by atoms with Crippen molar-refractivity contribution in [1.82, 2.24) is 0 Å². The van der Waals surface area contributed by atoms with Gasteiger partial charge in [-0.3, -0.25) is 14.4 Å². The molecule has 6 heteroatoms. The van der Waals surface area contributed by atoms with Crippen LogP contribution in [0.1, 0.15) is 258 Å². The van der Waals surface area contributed by atoms with E-state index in [2.05, 4.69) is 81.5 Å². The van der Waals surface area contributed by atoms with Crippen molar-refractivity contribution >= 4 is 17.9 Å². The highest BCUT2D eigenvalue weighted by Gasteiger charge is 2.19. The molecule has 0 bridgehead atoms. The van der Waals surface area contributed by atoms with Gasteiger partial charge >= 0.3 is 17.9 Å². The first-order valence-electron chi connectivity index (χ1n) is 26.3. The molecule has 0 saturated carbocycles. The van der Waals surface area contributed by atoms with Gasteiger partial charge in [0.25, 0.3) is 0 Å². The second kappa shape index (κ2) is 50.8. The Hall–Kier alpha value is -2.89. The normalized spacial score (nSPS) is 12.5. The summed E-state index contributed by atoms with van der Waals surface area (Å²) in [6.45, 7) is 6.54. The van der Waals surface area contributed by atoms with E-state index in [0.29, 0.717) is 19.3 Å². The lowest BCUT2D eigenvalue weighted by Gasteiger charge is -2.18. The molecule has 0 amide bonds. The third-order valence-electron chi connectivity index (χ3n) is 11.2. The summed E-state index contributed by atoms with van der Waals surface area (Å²) >= 11 is 0. The van der Waals surface area contributed by atoms with E-state index in [1.54, 1.807) is 0 Å². The summed E-state index contributed by atoms with van der Waals surface area (Å²) in [7, 11) is 0. The summed E-state index contributed by atoms with van der Waals surface area (Å²) in [6.07, 6.45) is 62.0. The molecular weight excluding hydrogens is 769 g/mol. The minimum atomic E-state index is -0.792. The van der Waals surface area contributed by atoms with Crippen molar-refractivity contribution in [3.63, 3.8) is 0 Å². The van der Waals surface area contributed by atoms with Crippen LogP contribution in [0.4, 0.5) is 0 Å². The molecule has 0 aliphatic heterocycles. The van der Waals surface area contributed by atoms with Gasteiger partial charge in [0.15, 0.2) is 6.10 Å². The summed E-state index contributed by atoms with van der Waals surface area (Å²) < 4.78 is 16.8. The molecule has 0 N–H and O–H groups in total. The van der Waals surface area contributed by atoms with E-state index in [9.17, 15) is 14.4 Å². The highest BCUT2D eigenvalue weighted by atomic mass is 16.6. The minimum Gasteiger partial charge on any atom is -0.462 e. The average Bonchev–Trinajstić information content (AvgIpc) is 3.27. The monoisotopic (exact) mass is 867 g/mol. The molecule has 0 fully saturated rings. The first-order chi connectivity index (χ1) is 30.5. The Balaban J connectivity index is 4.45. The van der Waals surface area contributed by atoms with Gasteiger partial charge in [-0.2, -0.15) is 0 Å². The molecule has 6 nitrogen and oxygen atoms in total. The largest absolute Gasteiger partial charge is 0.462 e. The highest BCUT2D eigenvalue weighted by molar-refractivity contribution is 5.71. The van der Waals surface area contributed by atoms with Crippen LogP contribution in [0.25, 0.3) is 0 Å². The van der Waals surface area contributed by atoms with Crippen LogP contribution in [0.2, 0.25) is 0 Å². The average molecular weight is 867 g/mol. The Morgan fingerprint density at radius 3 is 1.02 bits per heavy atom. The summed E-state index contributed by atoms with van der Waals surface area (Å²) in [5.74, 6) is -0.937. The van der Waals surface area contributed by atoms with E-state index in [0.717, 1.165) is 96.3 Å². The van der Waals surface area contributed by atoms with Crippen LogP contribution in [0.3, 0.4) is 0 Å². The number of hydrogen-bond acceptors (Lipinski definition) is 6. The summed E-state index contributed by atoms with van der Waals surface area (Å²) in [5.41, 5.74) is 0. The zero-order chi connectivity index (χ0) is 45.1. The van der Waals surface area contributed by atoms with Crippen LogP contribution < -0.4 is 0 Å². The van der Waals surface area contributed by atoms with Gasteiger partial charge in [0, 0.05) is 19.3 Å². The maximum absolute atomic E-state index is 12.8. The first-order valence-corrected chi connectivity index (χ1v) is 26.3. The molecule has 1 atom stereocenters. The van der Waals surface area contributed by atoms with Gasteiger partial charge in [-0.15, -0.1) is 0 Å². The second-order valence-corrected chi connectivity index (χ2v) is 17.4. The van der Waals surface area contributed by atoms with Crippen molar-refractivity contribution in [3.8, 4) is 0 Å². The van der Waals surface area contributed by atoms with Gasteiger partial charge in [-0.25, -0.2) is 0 Å². The topological polar surface area (TPSA) is 78.9 Å². The minimum absolute atomic E-state index is 0.0919. The third-order valence-corrected chi connectivity index (χ3v) is 11.2. The van der Waals surface area contributed by atoms with Crippen LogP contribution in [0, 0.1) is 0 Å². The number of carbonyl (C=O) groups excluding carboxylic acids is 3. The fraction of sp³-hybridized carbons (Fsp3) is 0.768. The quantitative estimate of drug-likeness (QED) is 0.0262. The molecule has 0 unspecified atom stereocenters. The Bertz CT molecular complexity index is 1130. The fourth-order valence-corrected chi connectivity index (χ4v) is 7.23. The Morgan fingerprint density at radius 2 is 0.597 bits per heavy atom. The van der Waals surface area contributed by atoms with Gasteiger partial charge in [-0.05, 0) is 83.5 Å². The fourth-order valence-electron chi connectivity index (χ4n) is 7.23.